The van der Waals surface area contributed by atoms with Gasteiger partial charge in [-0.25, -0.2) is 9.97 Å². The van der Waals surface area contributed by atoms with Gasteiger partial charge in [0.15, 0.2) is 5.82 Å². The van der Waals surface area contributed by atoms with Crippen LogP contribution >= 0.6 is 11.3 Å². The van der Waals surface area contributed by atoms with Gasteiger partial charge >= 0.3 is 0 Å². The second-order valence-corrected chi connectivity index (χ2v) is 5.18. The van der Waals surface area contributed by atoms with Crippen molar-refractivity contribution in [1.29, 1.82) is 5.41 Å². The first-order valence-corrected chi connectivity index (χ1v) is 6.59. The second-order valence-electron chi connectivity index (χ2n) is 4.18. The van der Waals surface area contributed by atoms with Gasteiger partial charge in [-0.05, 0) is 23.4 Å². The fourth-order valence-electron chi connectivity index (χ4n) is 2.18. The van der Waals surface area contributed by atoms with E-state index in [0.29, 0.717) is 11.5 Å². The van der Waals surface area contributed by atoms with E-state index in [1.807, 2.05) is 0 Å². The summed E-state index contributed by atoms with van der Waals surface area (Å²) in [5, 5.41) is 9.68. The minimum Gasteiger partial charge on any atom is -0.382 e. The molecule has 0 fully saturated rings. The molecule has 0 radical (unpaired) electrons. The zero-order valence-electron chi connectivity index (χ0n) is 9.76. The summed E-state index contributed by atoms with van der Waals surface area (Å²) in [5.41, 5.74) is 7.36. The summed E-state index contributed by atoms with van der Waals surface area (Å²) < 4.78 is 0. The number of anilines is 1. The first kappa shape index (κ1) is 11.2. The Kier molecular flexibility index (Phi) is 2.71. The van der Waals surface area contributed by atoms with E-state index in [1.165, 1.54) is 10.4 Å². The summed E-state index contributed by atoms with van der Waals surface area (Å²) in [6, 6.07) is 2.15. The van der Waals surface area contributed by atoms with Gasteiger partial charge in [0.1, 0.15) is 11.5 Å². The highest BCUT2D eigenvalue weighted by atomic mass is 32.1. The normalized spacial score (nSPS) is 14.3. The molecule has 1 aliphatic heterocycles. The van der Waals surface area contributed by atoms with Crippen molar-refractivity contribution in [1.82, 2.24) is 9.97 Å². The molecule has 0 aliphatic carbocycles. The summed E-state index contributed by atoms with van der Waals surface area (Å²) in [7, 11) is 0. The van der Waals surface area contributed by atoms with Gasteiger partial charge in [-0.3, -0.25) is 5.41 Å². The van der Waals surface area contributed by atoms with Crippen molar-refractivity contribution in [2.24, 2.45) is 5.73 Å². The Balaban J connectivity index is 1.95. The van der Waals surface area contributed by atoms with Crippen molar-refractivity contribution >= 4 is 23.0 Å². The van der Waals surface area contributed by atoms with Gasteiger partial charge in [-0.1, -0.05) is 0 Å². The van der Waals surface area contributed by atoms with Crippen LogP contribution < -0.4 is 10.6 Å². The van der Waals surface area contributed by atoms with Crippen LogP contribution in [-0.4, -0.2) is 22.3 Å². The lowest BCUT2D eigenvalue weighted by molar-refractivity contribution is 0.728. The van der Waals surface area contributed by atoms with Crippen molar-refractivity contribution in [2.45, 2.75) is 13.0 Å². The number of nitrogens with two attached hydrogens (primary N) is 1. The quantitative estimate of drug-likeness (QED) is 0.631. The Morgan fingerprint density at radius 1 is 1.39 bits per heavy atom. The number of nitrogen functional groups attached to an aromatic ring is 1. The third-order valence-corrected chi connectivity index (χ3v) is 4.06. The number of hydrogen-bond donors (Lipinski definition) is 2. The highest BCUT2D eigenvalue weighted by Gasteiger charge is 2.21. The molecule has 92 valence electrons. The Morgan fingerprint density at radius 2 is 2.22 bits per heavy atom. The van der Waals surface area contributed by atoms with E-state index < -0.39 is 0 Å². The molecule has 18 heavy (non-hydrogen) atoms. The Labute approximate surface area is 109 Å². The van der Waals surface area contributed by atoms with E-state index in [-0.39, 0.29) is 5.84 Å². The molecule has 0 aromatic carbocycles. The molecule has 0 bridgehead atoms. The highest BCUT2D eigenvalue weighted by molar-refractivity contribution is 7.10. The van der Waals surface area contributed by atoms with E-state index in [1.54, 1.807) is 23.7 Å². The summed E-state index contributed by atoms with van der Waals surface area (Å²) in [4.78, 5) is 12.1. The van der Waals surface area contributed by atoms with Crippen LogP contribution in [0.3, 0.4) is 0 Å². The van der Waals surface area contributed by atoms with Gasteiger partial charge in [0, 0.05) is 30.4 Å². The predicted octanol–water partition coefficient (Wildman–Crippen LogP) is 1.38. The number of hydrogen-bond acceptors (Lipinski definition) is 5. The average molecular weight is 259 g/mol. The molecule has 3 heterocycles. The van der Waals surface area contributed by atoms with E-state index >= 15 is 0 Å². The molecule has 2 aromatic rings. The lowest BCUT2D eigenvalue weighted by atomic mass is 10.1. The molecule has 0 unspecified atom stereocenters. The third-order valence-electron chi connectivity index (χ3n) is 3.04. The van der Waals surface area contributed by atoms with E-state index in [9.17, 15) is 0 Å². The highest BCUT2D eigenvalue weighted by Crippen LogP contribution is 2.27. The first-order chi connectivity index (χ1) is 8.75. The molecule has 0 spiro atoms. The predicted molar refractivity (Wildman–Crippen MR) is 72.1 cm³/mol. The number of aromatic nitrogens is 2. The van der Waals surface area contributed by atoms with Crippen LogP contribution in [0.5, 0.6) is 0 Å². The van der Waals surface area contributed by atoms with Gasteiger partial charge in [0.2, 0.25) is 0 Å². The van der Waals surface area contributed by atoms with Gasteiger partial charge in [0.05, 0.1) is 0 Å². The van der Waals surface area contributed by atoms with Crippen LogP contribution in [0, 0.1) is 5.41 Å². The van der Waals surface area contributed by atoms with Gasteiger partial charge in [-0.2, -0.15) is 0 Å². The summed E-state index contributed by atoms with van der Waals surface area (Å²) >= 11 is 1.80. The molecule has 2 aromatic heterocycles. The molecular formula is C12H13N5S. The van der Waals surface area contributed by atoms with E-state index in [0.717, 1.165) is 19.5 Å². The molecule has 1 aliphatic rings. The molecular weight excluding hydrogens is 246 g/mol. The Bertz CT molecular complexity index is 592. The van der Waals surface area contributed by atoms with Crippen molar-refractivity contribution in [3.8, 4) is 0 Å². The standard InChI is InChI=1S/C12H13N5S/c13-11(14)10-12(16-4-3-15-10)17-5-1-9-8(7-17)2-6-18-9/h2-4,6H,1,5,7H2,(H3,13,14). The molecule has 5 nitrogen and oxygen atoms in total. The van der Waals surface area contributed by atoms with Crippen molar-refractivity contribution in [3.05, 3.63) is 40.0 Å². The fraction of sp³-hybridized carbons (Fsp3) is 0.250. The lowest BCUT2D eigenvalue weighted by Crippen LogP contribution is -2.32. The fourth-order valence-corrected chi connectivity index (χ4v) is 3.07. The minimum absolute atomic E-state index is 0.0331. The van der Waals surface area contributed by atoms with Gasteiger partial charge in [-0.15, -0.1) is 11.3 Å². The van der Waals surface area contributed by atoms with Crippen molar-refractivity contribution in [3.63, 3.8) is 0 Å². The molecule has 3 rings (SSSR count). The number of thiophene rings is 1. The number of fused-ring (bicyclic) bond motifs is 1. The average Bonchev–Trinajstić information content (AvgIpc) is 2.85. The Hall–Kier alpha value is -1.95. The third kappa shape index (κ3) is 1.84. The molecule has 0 saturated heterocycles. The van der Waals surface area contributed by atoms with Crippen molar-refractivity contribution < 1.29 is 0 Å². The SMILES string of the molecule is N=C(N)c1nccnc1N1CCc2sccc2C1. The smallest absolute Gasteiger partial charge is 0.158 e. The van der Waals surface area contributed by atoms with Crippen LogP contribution in [0.1, 0.15) is 16.1 Å². The maximum atomic E-state index is 7.56. The number of rotatable bonds is 2. The number of nitrogens with zero attached hydrogens (tertiary/aromatic N) is 3. The molecule has 0 atom stereocenters. The molecule has 3 N–H and O–H groups in total. The molecule has 0 saturated carbocycles. The number of amidine groups is 1. The van der Waals surface area contributed by atoms with Crippen LogP contribution in [0.2, 0.25) is 0 Å². The van der Waals surface area contributed by atoms with Crippen LogP contribution in [0.4, 0.5) is 5.82 Å². The van der Waals surface area contributed by atoms with Crippen LogP contribution in [0.25, 0.3) is 0 Å². The van der Waals surface area contributed by atoms with Crippen LogP contribution in [0.15, 0.2) is 23.8 Å². The largest absolute Gasteiger partial charge is 0.382 e. The molecule has 0 amide bonds. The maximum absolute atomic E-state index is 7.56. The minimum atomic E-state index is -0.0331. The van der Waals surface area contributed by atoms with Gasteiger partial charge in [0.25, 0.3) is 0 Å². The summed E-state index contributed by atoms with van der Waals surface area (Å²) in [6.45, 7) is 1.71. The van der Waals surface area contributed by atoms with E-state index in [2.05, 4.69) is 26.3 Å². The Morgan fingerprint density at radius 3 is 3.06 bits per heavy atom. The molecule has 6 heteroatoms. The maximum Gasteiger partial charge on any atom is 0.158 e. The number of nitrogens with one attached hydrogen (secondary N) is 1. The first-order valence-electron chi connectivity index (χ1n) is 5.71. The topological polar surface area (TPSA) is 78.9 Å². The van der Waals surface area contributed by atoms with Crippen molar-refractivity contribution in [2.75, 3.05) is 11.4 Å². The lowest BCUT2D eigenvalue weighted by Gasteiger charge is -2.28. The summed E-state index contributed by atoms with van der Waals surface area (Å²) in [6.07, 6.45) is 4.23. The zero-order valence-corrected chi connectivity index (χ0v) is 10.6. The summed E-state index contributed by atoms with van der Waals surface area (Å²) in [5.74, 6) is 0.677. The van der Waals surface area contributed by atoms with Crippen LogP contribution in [-0.2, 0) is 13.0 Å². The van der Waals surface area contributed by atoms with E-state index in [4.69, 9.17) is 11.1 Å². The second kappa shape index (κ2) is 4.38. The van der Waals surface area contributed by atoms with Gasteiger partial charge < -0.3 is 10.6 Å². The zero-order chi connectivity index (χ0) is 12.5. The monoisotopic (exact) mass is 259 g/mol.